The van der Waals surface area contributed by atoms with Crippen molar-refractivity contribution in [1.82, 2.24) is 0 Å². The Bertz CT molecular complexity index is 451. The van der Waals surface area contributed by atoms with Crippen LogP contribution in [0.25, 0.3) is 0 Å². The molecule has 1 N–H and O–H groups in total. The number of hydrogen-bond donors (Lipinski definition) is 1. The third kappa shape index (κ3) is 5.81. The molecule has 0 spiro atoms. The van der Waals surface area contributed by atoms with E-state index in [0.29, 0.717) is 6.42 Å². The van der Waals surface area contributed by atoms with Crippen molar-refractivity contribution >= 4 is 10.1 Å². The van der Waals surface area contributed by atoms with E-state index in [9.17, 15) is 34.8 Å². The molecule has 0 saturated carbocycles. The molecule has 0 aliphatic rings. The third-order valence-electron chi connectivity index (χ3n) is 3.49. The first-order valence-corrected chi connectivity index (χ1v) is 8.85. The Morgan fingerprint density at radius 1 is 0.783 bits per heavy atom. The maximum atomic E-state index is 13.3. The first-order valence-electron chi connectivity index (χ1n) is 7.41. The molecule has 0 amide bonds. The van der Waals surface area contributed by atoms with Crippen LogP contribution in [0.3, 0.4) is 0 Å². The van der Waals surface area contributed by atoms with E-state index >= 15 is 0 Å². The van der Waals surface area contributed by atoms with Gasteiger partial charge < -0.3 is 0 Å². The van der Waals surface area contributed by atoms with E-state index in [1.807, 2.05) is 6.92 Å². The lowest BCUT2D eigenvalue weighted by Crippen LogP contribution is -2.57. The SMILES string of the molecule is CCCCCCCCCCC(F)(F)C(F)(F)C(F)(F)S(=O)(=O)O. The van der Waals surface area contributed by atoms with Crippen LogP contribution >= 0.6 is 0 Å². The van der Waals surface area contributed by atoms with Crippen molar-refractivity contribution in [2.24, 2.45) is 0 Å². The summed E-state index contributed by atoms with van der Waals surface area (Å²) < 4.78 is 107. The summed E-state index contributed by atoms with van der Waals surface area (Å²) in [5, 5.41) is -6.25. The van der Waals surface area contributed by atoms with Crippen LogP contribution in [0.1, 0.15) is 64.7 Å². The highest BCUT2D eigenvalue weighted by Gasteiger charge is 2.76. The topological polar surface area (TPSA) is 54.4 Å². The molecule has 140 valence electrons. The maximum Gasteiger partial charge on any atom is 0.437 e. The quantitative estimate of drug-likeness (QED) is 0.288. The predicted molar refractivity (Wildman–Crippen MR) is 73.6 cm³/mol. The molecule has 3 nitrogen and oxygen atoms in total. The predicted octanol–water partition coefficient (Wildman–Crippen LogP) is 5.27. The molecule has 0 saturated heterocycles. The average Bonchev–Trinajstić information content (AvgIpc) is 2.40. The molecule has 0 radical (unpaired) electrons. The molecule has 0 aromatic carbocycles. The first kappa shape index (κ1) is 22.5. The van der Waals surface area contributed by atoms with Gasteiger partial charge in [0.25, 0.3) is 0 Å². The number of unbranched alkanes of at least 4 members (excludes halogenated alkanes) is 7. The second kappa shape index (κ2) is 8.55. The number of rotatable bonds is 12. The van der Waals surface area contributed by atoms with Gasteiger partial charge in [0.05, 0.1) is 0 Å². The lowest BCUT2D eigenvalue weighted by Gasteiger charge is -2.30. The minimum absolute atomic E-state index is 0.148. The highest BCUT2D eigenvalue weighted by Crippen LogP contribution is 2.50. The van der Waals surface area contributed by atoms with E-state index in [1.54, 1.807) is 0 Å². The zero-order valence-corrected chi connectivity index (χ0v) is 13.6. The summed E-state index contributed by atoms with van der Waals surface area (Å²) in [5.74, 6) is -11.4. The van der Waals surface area contributed by atoms with Crippen molar-refractivity contribution in [3.05, 3.63) is 0 Å². The van der Waals surface area contributed by atoms with Gasteiger partial charge in [-0.3, -0.25) is 4.55 Å². The average molecular weight is 372 g/mol. The summed E-state index contributed by atoms with van der Waals surface area (Å²) in [6, 6.07) is 0. The van der Waals surface area contributed by atoms with Crippen LogP contribution in [0, 0.1) is 0 Å². The standard InChI is InChI=1S/C13H22F6O3S/c1-2-3-4-5-6-7-8-9-10-11(14,15)12(16,17)13(18,19)23(20,21)22/h2-10H2,1H3,(H,20,21,22). The molecule has 10 heteroatoms. The van der Waals surface area contributed by atoms with Gasteiger partial charge in [-0.2, -0.15) is 34.8 Å². The lowest BCUT2D eigenvalue weighted by molar-refractivity contribution is -0.282. The Morgan fingerprint density at radius 3 is 1.57 bits per heavy atom. The Balaban J connectivity index is 4.47. The van der Waals surface area contributed by atoms with Gasteiger partial charge in [-0.25, -0.2) is 0 Å². The Hall–Kier alpha value is -0.510. The van der Waals surface area contributed by atoms with Crippen LogP contribution in [0.15, 0.2) is 0 Å². The van der Waals surface area contributed by atoms with Gasteiger partial charge in [-0.15, -0.1) is 0 Å². The van der Waals surface area contributed by atoms with Crippen molar-refractivity contribution in [3.63, 3.8) is 0 Å². The molecular formula is C13H22F6O3S. The van der Waals surface area contributed by atoms with E-state index in [2.05, 4.69) is 0 Å². The zero-order valence-electron chi connectivity index (χ0n) is 12.8. The summed E-state index contributed by atoms with van der Waals surface area (Å²) in [6.07, 6.45) is 3.27. The van der Waals surface area contributed by atoms with Crippen molar-refractivity contribution in [3.8, 4) is 0 Å². The van der Waals surface area contributed by atoms with Gasteiger partial charge in [0.2, 0.25) is 0 Å². The van der Waals surface area contributed by atoms with Crippen LogP contribution < -0.4 is 0 Å². The third-order valence-corrected chi connectivity index (χ3v) is 4.40. The van der Waals surface area contributed by atoms with Crippen molar-refractivity contribution < 1.29 is 39.3 Å². The molecule has 0 rings (SSSR count). The van der Waals surface area contributed by atoms with E-state index < -0.39 is 40.1 Å². The molecule has 0 atom stereocenters. The van der Waals surface area contributed by atoms with Crippen LogP contribution in [0.5, 0.6) is 0 Å². The van der Waals surface area contributed by atoms with Crippen LogP contribution in [0.4, 0.5) is 26.3 Å². The van der Waals surface area contributed by atoms with E-state index in [0.717, 1.165) is 32.1 Å². The molecule has 0 aliphatic heterocycles. The monoisotopic (exact) mass is 372 g/mol. The Morgan fingerprint density at radius 2 is 1.17 bits per heavy atom. The first-order chi connectivity index (χ1) is 10.3. The Kier molecular flexibility index (Phi) is 8.36. The minimum atomic E-state index is -6.65. The molecule has 0 heterocycles. The van der Waals surface area contributed by atoms with Gasteiger partial charge in [0, 0.05) is 6.42 Å². The van der Waals surface area contributed by atoms with Gasteiger partial charge in [-0.05, 0) is 6.42 Å². The fraction of sp³-hybridized carbons (Fsp3) is 1.00. The highest BCUT2D eigenvalue weighted by molar-refractivity contribution is 7.87. The van der Waals surface area contributed by atoms with Gasteiger partial charge in [0.15, 0.2) is 0 Å². The minimum Gasteiger partial charge on any atom is -0.281 e. The second-order valence-corrected chi connectivity index (χ2v) is 6.96. The van der Waals surface area contributed by atoms with E-state index in [4.69, 9.17) is 4.55 Å². The van der Waals surface area contributed by atoms with Crippen LogP contribution in [-0.2, 0) is 10.1 Å². The highest BCUT2D eigenvalue weighted by atomic mass is 32.2. The smallest absolute Gasteiger partial charge is 0.281 e. The second-order valence-electron chi connectivity index (χ2n) is 5.50. The van der Waals surface area contributed by atoms with Crippen molar-refractivity contribution in [1.29, 1.82) is 0 Å². The molecule has 0 aliphatic carbocycles. The van der Waals surface area contributed by atoms with E-state index in [-0.39, 0.29) is 6.42 Å². The lowest BCUT2D eigenvalue weighted by atomic mass is 10.0. The summed E-state index contributed by atoms with van der Waals surface area (Å²) >= 11 is 0. The van der Waals surface area contributed by atoms with E-state index in [1.165, 1.54) is 0 Å². The molecular weight excluding hydrogens is 350 g/mol. The molecule has 0 bridgehead atoms. The normalized spacial score (nSPS) is 14.3. The summed E-state index contributed by atoms with van der Waals surface area (Å²) in [4.78, 5) is 0. The molecule has 0 aromatic heterocycles. The van der Waals surface area contributed by atoms with Gasteiger partial charge in [0.1, 0.15) is 0 Å². The molecule has 0 aromatic rings. The molecule has 0 unspecified atom stereocenters. The number of hydrogen-bond acceptors (Lipinski definition) is 2. The molecule has 23 heavy (non-hydrogen) atoms. The van der Waals surface area contributed by atoms with Gasteiger partial charge >= 0.3 is 27.2 Å². The fourth-order valence-electron chi connectivity index (χ4n) is 2.01. The van der Waals surface area contributed by atoms with Crippen LogP contribution in [0.2, 0.25) is 0 Å². The Labute approximate surface area is 132 Å². The number of alkyl halides is 6. The molecule has 0 fully saturated rings. The summed E-state index contributed by atoms with van der Waals surface area (Å²) in [5.41, 5.74) is 0. The summed E-state index contributed by atoms with van der Waals surface area (Å²) in [7, 11) is -6.65. The maximum absolute atomic E-state index is 13.3. The number of halogens is 6. The summed E-state index contributed by atoms with van der Waals surface area (Å²) in [6.45, 7) is 2.02. The van der Waals surface area contributed by atoms with Gasteiger partial charge in [-0.1, -0.05) is 51.9 Å². The largest absolute Gasteiger partial charge is 0.437 e. The van der Waals surface area contributed by atoms with Crippen molar-refractivity contribution in [2.75, 3.05) is 0 Å². The van der Waals surface area contributed by atoms with Crippen molar-refractivity contribution in [2.45, 2.75) is 81.8 Å². The van der Waals surface area contributed by atoms with Crippen LogP contribution in [-0.4, -0.2) is 30.1 Å². The zero-order chi connectivity index (χ0) is 18.4. The fourth-order valence-corrected chi connectivity index (χ4v) is 2.49.